The van der Waals surface area contributed by atoms with Crippen LogP contribution in [0.3, 0.4) is 0 Å². The van der Waals surface area contributed by atoms with Crippen LogP contribution in [0.15, 0.2) is 24.3 Å². The second kappa shape index (κ2) is 6.54. The van der Waals surface area contributed by atoms with Gasteiger partial charge in [-0.3, -0.25) is 0 Å². The molecular weight excluding hydrogens is 275 g/mol. The SMILES string of the molecule is CCC1CCN(c2cc(C)ccc2/C=C/C(F)(F)F)CC1. The van der Waals surface area contributed by atoms with E-state index in [9.17, 15) is 13.2 Å². The summed E-state index contributed by atoms with van der Waals surface area (Å²) in [5.74, 6) is 0.750. The zero-order chi connectivity index (χ0) is 15.5. The quantitative estimate of drug-likeness (QED) is 0.741. The zero-order valence-electron chi connectivity index (χ0n) is 12.6. The lowest BCUT2D eigenvalue weighted by Crippen LogP contribution is -2.33. The molecule has 0 bridgehead atoms. The predicted octanol–water partition coefficient (Wildman–Crippen LogP) is 5.20. The first-order valence-corrected chi connectivity index (χ1v) is 7.50. The third kappa shape index (κ3) is 4.51. The van der Waals surface area contributed by atoms with Crippen molar-refractivity contribution in [1.29, 1.82) is 0 Å². The number of hydrogen-bond acceptors (Lipinski definition) is 1. The fourth-order valence-corrected chi connectivity index (χ4v) is 2.83. The van der Waals surface area contributed by atoms with Crippen LogP contribution >= 0.6 is 0 Å². The molecule has 0 unspecified atom stereocenters. The summed E-state index contributed by atoms with van der Waals surface area (Å²) in [5.41, 5.74) is 2.64. The minimum absolute atomic E-state index is 0.319. The molecule has 1 nitrogen and oxygen atoms in total. The largest absolute Gasteiger partial charge is 0.409 e. The molecule has 0 saturated carbocycles. The Morgan fingerprint density at radius 2 is 1.90 bits per heavy atom. The van der Waals surface area contributed by atoms with Gasteiger partial charge in [-0.15, -0.1) is 0 Å². The molecule has 1 aliphatic rings. The Kier molecular flexibility index (Phi) is 4.96. The maximum absolute atomic E-state index is 12.4. The molecule has 0 amide bonds. The molecule has 0 spiro atoms. The number of benzene rings is 1. The Bertz CT molecular complexity index is 497. The van der Waals surface area contributed by atoms with Crippen LogP contribution in [0.4, 0.5) is 18.9 Å². The number of alkyl halides is 3. The van der Waals surface area contributed by atoms with Crippen LogP contribution in [0, 0.1) is 12.8 Å². The summed E-state index contributed by atoms with van der Waals surface area (Å²) in [6.07, 6.45) is 0.653. The van der Waals surface area contributed by atoms with Crippen LogP contribution in [-0.4, -0.2) is 19.3 Å². The van der Waals surface area contributed by atoms with Gasteiger partial charge in [-0.1, -0.05) is 25.5 Å². The van der Waals surface area contributed by atoms with Gasteiger partial charge in [0.05, 0.1) is 0 Å². The number of aryl methyl sites for hydroxylation is 1. The van der Waals surface area contributed by atoms with Gasteiger partial charge in [-0.2, -0.15) is 13.2 Å². The smallest absolute Gasteiger partial charge is 0.371 e. The zero-order valence-corrected chi connectivity index (χ0v) is 12.6. The Balaban J connectivity index is 2.22. The molecule has 4 heteroatoms. The Morgan fingerprint density at radius 1 is 1.24 bits per heavy atom. The molecule has 116 valence electrons. The first kappa shape index (κ1) is 15.9. The van der Waals surface area contributed by atoms with Gasteiger partial charge in [0.2, 0.25) is 0 Å². The van der Waals surface area contributed by atoms with Crippen molar-refractivity contribution < 1.29 is 13.2 Å². The van der Waals surface area contributed by atoms with Gasteiger partial charge in [-0.25, -0.2) is 0 Å². The number of rotatable bonds is 3. The van der Waals surface area contributed by atoms with Crippen molar-refractivity contribution in [2.75, 3.05) is 18.0 Å². The third-order valence-electron chi connectivity index (χ3n) is 4.17. The number of piperidine rings is 1. The maximum atomic E-state index is 12.4. The fourth-order valence-electron chi connectivity index (χ4n) is 2.83. The number of nitrogens with zero attached hydrogens (tertiary/aromatic N) is 1. The van der Waals surface area contributed by atoms with E-state index in [1.165, 1.54) is 12.5 Å². The lowest BCUT2D eigenvalue weighted by molar-refractivity contribution is -0.0790. The van der Waals surface area contributed by atoms with Crippen LogP contribution in [0.25, 0.3) is 6.08 Å². The molecule has 21 heavy (non-hydrogen) atoms. The maximum Gasteiger partial charge on any atom is 0.409 e. The monoisotopic (exact) mass is 297 g/mol. The van der Waals surface area contributed by atoms with Gasteiger partial charge >= 0.3 is 6.18 Å². The second-order valence-electron chi connectivity index (χ2n) is 5.78. The van der Waals surface area contributed by atoms with E-state index >= 15 is 0 Å². The van der Waals surface area contributed by atoms with Gasteiger partial charge in [0.1, 0.15) is 0 Å². The summed E-state index contributed by atoms with van der Waals surface area (Å²) in [4.78, 5) is 2.22. The van der Waals surface area contributed by atoms with E-state index in [4.69, 9.17) is 0 Å². The summed E-state index contributed by atoms with van der Waals surface area (Å²) in [6, 6.07) is 5.62. The average molecular weight is 297 g/mol. The molecule has 1 saturated heterocycles. The Morgan fingerprint density at radius 3 is 2.48 bits per heavy atom. The third-order valence-corrected chi connectivity index (χ3v) is 4.17. The molecule has 0 aliphatic carbocycles. The van der Waals surface area contributed by atoms with Gasteiger partial charge in [-0.05, 0) is 49.0 Å². The average Bonchev–Trinajstić information content (AvgIpc) is 2.45. The minimum atomic E-state index is -4.27. The van der Waals surface area contributed by atoms with Crippen LogP contribution in [0.1, 0.15) is 37.3 Å². The van der Waals surface area contributed by atoms with E-state index in [0.29, 0.717) is 11.6 Å². The Hall–Kier alpha value is -1.45. The van der Waals surface area contributed by atoms with Gasteiger partial charge in [0.15, 0.2) is 0 Å². The standard InChI is InChI=1S/C17H22F3N/c1-3-14-7-10-21(11-8-14)16-12-13(2)4-5-15(16)6-9-17(18,19)20/h4-6,9,12,14H,3,7-8,10-11H2,1-2H3/b9-6+. The lowest BCUT2D eigenvalue weighted by Gasteiger charge is -2.34. The molecule has 1 aromatic carbocycles. The van der Waals surface area contributed by atoms with E-state index in [2.05, 4.69) is 11.8 Å². The van der Waals surface area contributed by atoms with E-state index in [1.54, 1.807) is 6.07 Å². The van der Waals surface area contributed by atoms with Crippen LogP contribution in [0.5, 0.6) is 0 Å². The van der Waals surface area contributed by atoms with Crippen molar-refractivity contribution in [3.63, 3.8) is 0 Å². The molecular formula is C17H22F3N. The number of hydrogen-bond donors (Lipinski definition) is 0. The van der Waals surface area contributed by atoms with Crippen molar-refractivity contribution in [2.24, 2.45) is 5.92 Å². The van der Waals surface area contributed by atoms with Gasteiger partial charge in [0.25, 0.3) is 0 Å². The van der Waals surface area contributed by atoms with Crippen molar-refractivity contribution in [2.45, 2.75) is 39.3 Å². The predicted molar refractivity (Wildman–Crippen MR) is 81.5 cm³/mol. The summed E-state index contributed by atoms with van der Waals surface area (Å²) in [6.45, 7) is 6.02. The molecule has 1 aromatic rings. The molecule has 0 N–H and O–H groups in total. The summed E-state index contributed by atoms with van der Waals surface area (Å²) < 4.78 is 37.2. The second-order valence-corrected chi connectivity index (χ2v) is 5.78. The minimum Gasteiger partial charge on any atom is -0.371 e. The highest BCUT2D eigenvalue weighted by Crippen LogP contribution is 2.30. The molecule has 1 fully saturated rings. The van der Waals surface area contributed by atoms with Gasteiger partial charge < -0.3 is 4.90 Å². The molecule has 0 atom stereocenters. The van der Waals surface area contributed by atoms with Crippen LogP contribution in [-0.2, 0) is 0 Å². The van der Waals surface area contributed by atoms with Crippen molar-refractivity contribution in [3.05, 3.63) is 35.4 Å². The van der Waals surface area contributed by atoms with E-state index < -0.39 is 6.18 Å². The van der Waals surface area contributed by atoms with Crippen molar-refractivity contribution >= 4 is 11.8 Å². The highest BCUT2D eigenvalue weighted by molar-refractivity contribution is 5.69. The number of allylic oxidation sites excluding steroid dienone is 1. The van der Waals surface area contributed by atoms with Crippen LogP contribution in [0.2, 0.25) is 0 Å². The molecule has 0 aromatic heterocycles. The lowest BCUT2D eigenvalue weighted by atomic mass is 9.93. The molecule has 2 rings (SSSR count). The van der Waals surface area contributed by atoms with E-state index in [1.807, 2.05) is 19.1 Å². The van der Waals surface area contributed by atoms with Gasteiger partial charge in [0, 0.05) is 24.9 Å². The number of halogens is 3. The summed E-state index contributed by atoms with van der Waals surface area (Å²) in [5, 5.41) is 0. The van der Waals surface area contributed by atoms with Crippen molar-refractivity contribution in [3.8, 4) is 0 Å². The number of anilines is 1. The highest BCUT2D eigenvalue weighted by atomic mass is 19.4. The highest BCUT2D eigenvalue weighted by Gasteiger charge is 2.23. The first-order chi connectivity index (χ1) is 9.89. The van der Waals surface area contributed by atoms with E-state index in [0.717, 1.165) is 43.1 Å². The van der Waals surface area contributed by atoms with Crippen molar-refractivity contribution in [1.82, 2.24) is 0 Å². The summed E-state index contributed by atoms with van der Waals surface area (Å²) >= 11 is 0. The molecule has 0 radical (unpaired) electrons. The molecule has 1 aliphatic heterocycles. The molecule has 1 heterocycles. The Labute approximate surface area is 124 Å². The topological polar surface area (TPSA) is 3.24 Å². The first-order valence-electron chi connectivity index (χ1n) is 7.50. The van der Waals surface area contributed by atoms with Crippen LogP contribution < -0.4 is 4.90 Å². The summed E-state index contributed by atoms with van der Waals surface area (Å²) in [7, 11) is 0. The van der Waals surface area contributed by atoms with E-state index in [-0.39, 0.29) is 0 Å². The normalized spacial score (nSPS) is 17.7. The fraction of sp³-hybridized carbons (Fsp3) is 0.529.